The second kappa shape index (κ2) is 6.74. The predicted octanol–water partition coefficient (Wildman–Crippen LogP) is 1.52. The zero-order chi connectivity index (χ0) is 20.7. The number of nitrogens with zero attached hydrogens (tertiary/aromatic N) is 4. The molecular weight excluding hydrogens is 360 g/mol. The molecule has 1 fully saturated rings. The number of anilines is 1. The first kappa shape index (κ1) is 19.5. The molecule has 9 heteroatoms. The molecule has 3 rings (SSSR count). The molecule has 0 aromatic carbocycles. The van der Waals surface area contributed by atoms with Crippen LogP contribution in [0.4, 0.5) is 10.6 Å². The molecule has 1 aliphatic rings. The number of aromatic nitrogens is 3. The summed E-state index contributed by atoms with van der Waals surface area (Å²) in [4.78, 5) is 42.7. The highest BCUT2D eigenvalue weighted by atomic mass is 16.2. The van der Waals surface area contributed by atoms with Gasteiger partial charge < -0.3 is 10.6 Å². The molecule has 28 heavy (non-hydrogen) atoms. The van der Waals surface area contributed by atoms with E-state index >= 15 is 0 Å². The largest absolute Gasteiger partial charge is 0.325 e. The van der Waals surface area contributed by atoms with Gasteiger partial charge in [0.2, 0.25) is 5.91 Å². The average Bonchev–Trinajstić information content (AvgIpc) is 3.09. The van der Waals surface area contributed by atoms with Gasteiger partial charge in [-0.15, -0.1) is 0 Å². The number of urea groups is 1. The number of imide groups is 1. The number of carbonyl (C=O) groups is 3. The van der Waals surface area contributed by atoms with Crippen LogP contribution in [0.25, 0.3) is 0 Å². The molecule has 0 spiro atoms. The quantitative estimate of drug-likeness (QED) is 0.777. The molecule has 0 bridgehead atoms. The van der Waals surface area contributed by atoms with Gasteiger partial charge in [-0.3, -0.25) is 24.2 Å². The number of hydrogen-bond acceptors (Lipinski definition) is 5. The Morgan fingerprint density at radius 3 is 2.57 bits per heavy atom. The van der Waals surface area contributed by atoms with Crippen LogP contribution in [0, 0.1) is 0 Å². The van der Waals surface area contributed by atoms with Gasteiger partial charge in [-0.2, -0.15) is 5.10 Å². The Kier molecular flexibility index (Phi) is 4.70. The van der Waals surface area contributed by atoms with Gasteiger partial charge in [-0.25, -0.2) is 4.79 Å². The van der Waals surface area contributed by atoms with Crippen LogP contribution in [0.2, 0.25) is 0 Å². The van der Waals surface area contributed by atoms with Crippen LogP contribution in [0.5, 0.6) is 0 Å². The maximum absolute atomic E-state index is 12.8. The molecule has 1 unspecified atom stereocenters. The smallest absolute Gasteiger partial charge is 0.318 e. The van der Waals surface area contributed by atoms with E-state index in [0.717, 1.165) is 10.6 Å². The fourth-order valence-corrected chi connectivity index (χ4v) is 2.95. The van der Waals surface area contributed by atoms with Crippen molar-refractivity contribution in [3.05, 3.63) is 41.9 Å². The van der Waals surface area contributed by atoms with E-state index in [1.807, 2.05) is 20.8 Å². The average molecular weight is 384 g/mol. The lowest BCUT2D eigenvalue weighted by molar-refractivity contribution is -0.133. The van der Waals surface area contributed by atoms with Crippen molar-refractivity contribution in [3.63, 3.8) is 0 Å². The summed E-state index contributed by atoms with van der Waals surface area (Å²) in [6.45, 7) is 7.24. The highest BCUT2D eigenvalue weighted by Crippen LogP contribution is 2.27. The number of nitrogens with one attached hydrogen (secondary N) is 2. The zero-order valence-electron chi connectivity index (χ0n) is 16.6. The molecule has 0 aliphatic carbocycles. The third-order valence-corrected chi connectivity index (χ3v) is 4.67. The number of hydrogen-bond donors (Lipinski definition) is 2. The molecule has 0 radical (unpaired) electrons. The normalized spacial score (nSPS) is 19.7. The first-order chi connectivity index (χ1) is 13.0. The lowest BCUT2D eigenvalue weighted by Gasteiger charge is -2.20. The number of aryl methyl sites for hydroxylation is 1. The Hall–Kier alpha value is -3.23. The van der Waals surface area contributed by atoms with Crippen molar-refractivity contribution in [1.29, 1.82) is 0 Å². The van der Waals surface area contributed by atoms with Crippen molar-refractivity contribution in [3.8, 4) is 0 Å². The highest BCUT2D eigenvalue weighted by Gasteiger charge is 2.50. The fourth-order valence-electron chi connectivity index (χ4n) is 2.95. The Balaban J connectivity index is 1.74. The minimum Gasteiger partial charge on any atom is -0.318 e. The summed E-state index contributed by atoms with van der Waals surface area (Å²) in [7, 11) is 1.72. The van der Waals surface area contributed by atoms with Gasteiger partial charge in [0, 0.05) is 24.7 Å². The van der Waals surface area contributed by atoms with Crippen LogP contribution in [0.15, 0.2) is 30.5 Å². The summed E-state index contributed by atoms with van der Waals surface area (Å²) in [6.07, 6.45) is 1.55. The Bertz CT molecular complexity index is 931. The summed E-state index contributed by atoms with van der Waals surface area (Å²) in [5.74, 6) is -0.515. The Labute approximate surface area is 163 Å². The summed E-state index contributed by atoms with van der Waals surface area (Å²) in [5, 5.41) is 9.73. The Morgan fingerprint density at radius 2 is 2.00 bits per heavy atom. The second-order valence-electron chi connectivity index (χ2n) is 8.00. The third-order valence-electron chi connectivity index (χ3n) is 4.67. The molecular formula is C19H24N6O3. The van der Waals surface area contributed by atoms with Crippen molar-refractivity contribution in [2.45, 2.75) is 38.6 Å². The maximum atomic E-state index is 12.8. The summed E-state index contributed by atoms with van der Waals surface area (Å²) < 4.78 is 1.56. The SMILES string of the molecule is Cn1nc(C(C)(C)C)cc1NC(=O)CN1C(=O)NC(C)(c2ccccn2)C1=O. The number of pyridine rings is 1. The minimum absolute atomic E-state index is 0.171. The summed E-state index contributed by atoms with van der Waals surface area (Å²) >= 11 is 0. The number of carbonyl (C=O) groups excluding carboxylic acids is 3. The van der Waals surface area contributed by atoms with Gasteiger partial charge in [0.15, 0.2) is 5.54 Å². The standard InChI is InChI=1S/C19H24N6O3/c1-18(2,3)13-10-14(24(5)23-13)21-15(26)11-25-16(27)19(4,22-17(25)28)12-8-6-7-9-20-12/h6-10H,11H2,1-5H3,(H,21,26)(H,22,28). The molecule has 148 valence electrons. The highest BCUT2D eigenvalue weighted by molar-refractivity contribution is 6.10. The lowest BCUT2D eigenvalue weighted by Crippen LogP contribution is -2.42. The van der Waals surface area contributed by atoms with Crippen molar-refractivity contribution in [2.24, 2.45) is 7.05 Å². The first-order valence-electron chi connectivity index (χ1n) is 8.92. The van der Waals surface area contributed by atoms with Crippen LogP contribution in [-0.2, 0) is 27.6 Å². The monoisotopic (exact) mass is 384 g/mol. The van der Waals surface area contributed by atoms with E-state index in [4.69, 9.17) is 0 Å². The molecule has 2 aromatic heterocycles. The third kappa shape index (κ3) is 3.47. The van der Waals surface area contributed by atoms with Gasteiger partial charge in [-0.1, -0.05) is 26.8 Å². The topological polar surface area (TPSA) is 109 Å². The summed E-state index contributed by atoms with van der Waals surface area (Å²) in [6, 6.07) is 6.26. The fraction of sp³-hybridized carbons (Fsp3) is 0.421. The van der Waals surface area contributed by atoms with Gasteiger partial charge in [0.1, 0.15) is 12.4 Å². The summed E-state index contributed by atoms with van der Waals surface area (Å²) in [5.41, 5.74) is -0.235. The van der Waals surface area contributed by atoms with E-state index < -0.39 is 29.9 Å². The molecule has 1 atom stereocenters. The minimum atomic E-state index is -1.30. The predicted molar refractivity (Wildman–Crippen MR) is 102 cm³/mol. The van der Waals surface area contributed by atoms with Crippen LogP contribution >= 0.6 is 0 Å². The number of rotatable bonds is 4. The van der Waals surface area contributed by atoms with E-state index in [1.165, 1.54) is 0 Å². The van der Waals surface area contributed by atoms with Crippen molar-refractivity contribution in [2.75, 3.05) is 11.9 Å². The van der Waals surface area contributed by atoms with E-state index in [0.29, 0.717) is 11.5 Å². The second-order valence-corrected chi connectivity index (χ2v) is 8.00. The van der Waals surface area contributed by atoms with Crippen molar-refractivity contribution in [1.82, 2.24) is 25.0 Å². The molecule has 1 saturated heterocycles. The maximum Gasteiger partial charge on any atom is 0.325 e. The molecule has 2 aromatic rings. The van der Waals surface area contributed by atoms with Gasteiger partial charge in [-0.05, 0) is 19.1 Å². The van der Waals surface area contributed by atoms with Crippen LogP contribution in [-0.4, -0.2) is 44.1 Å². The van der Waals surface area contributed by atoms with Gasteiger partial charge >= 0.3 is 6.03 Å². The number of amides is 4. The van der Waals surface area contributed by atoms with E-state index in [-0.39, 0.29) is 5.41 Å². The van der Waals surface area contributed by atoms with E-state index in [9.17, 15) is 14.4 Å². The molecule has 2 N–H and O–H groups in total. The molecule has 1 aliphatic heterocycles. The molecule has 9 nitrogen and oxygen atoms in total. The van der Waals surface area contributed by atoms with Crippen LogP contribution < -0.4 is 10.6 Å². The van der Waals surface area contributed by atoms with E-state index in [2.05, 4.69) is 20.7 Å². The molecule has 0 saturated carbocycles. The molecule has 3 heterocycles. The van der Waals surface area contributed by atoms with Crippen molar-refractivity contribution >= 4 is 23.7 Å². The lowest BCUT2D eigenvalue weighted by atomic mass is 9.92. The van der Waals surface area contributed by atoms with E-state index in [1.54, 1.807) is 49.1 Å². The van der Waals surface area contributed by atoms with Crippen LogP contribution in [0.1, 0.15) is 39.1 Å². The van der Waals surface area contributed by atoms with Crippen molar-refractivity contribution < 1.29 is 14.4 Å². The van der Waals surface area contributed by atoms with Gasteiger partial charge in [0.05, 0.1) is 11.4 Å². The van der Waals surface area contributed by atoms with Gasteiger partial charge in [0.25, 0.3) is 5.91 Å². The Morgan fingerprint density at radius 1 is 1.29 bits per heavy atom. The molecule has 4 amide bonds. The zero-order valence-corrected chi connectivity index (χ0v) is 16.6. The first-order valence-corrected chi connectivity index (χ1v) is 8.92. The van der Waals surface area contributed by atoms with Crippen LogP contribution in [0.3, 0.4) is 0 Å².